The van der Waals surface area contributed by atoms with Gasteiger partial charge in [-0.15, -0.1) is 0 Å². The molecule has 0 saturated heterocycles. The molecule has 0 unspecified atom stereocenters. The van der Waals surface area contributed by atoms with Gasteiger partial charge in [-0.05, 0) is 30.7 Å². The van der Waals surface area contributed by atoms with Gasteiger partial charge in [0, 0.05) is 11.3 Å². The molecule has 3 aromatic rings. The molecule has 29 heavy (non-hydrogen) atoms. The molecule has 1 atom stereocenters. The fourth-order valence-corrected chi connectivity index (χ4v) is 2.77. The van der Waals surface area contributed by atoms with Crippen LogP contribution in [-0.2, 0) is 14.3 Å². The molecule has 0 aliphatic carbocycles. The van der Waals surface area contributed by atoms with Crippen LogP contribution in [0.5, 0.6) is 5.75 Å². The van der Waals surface area contributed by atoms with Crippen molar-refractivity contribution in [2.45, 2.75) is 19.4 Å². The molecule has 0 aliphatic rings. The van der Waals surface area contributed by atoms with Crippen molar-refractivity contribution in [3.8, 4) is 16.9 Å². The van der Waals surface area contributed by atoms with Gasteiger partial charge in [0.15, 0.2) is 6.10 Å². The molecule has 3 rings (SSSR count). The zero-order valence-corrected chi connectivity index (χ0v) is 16.2. The van der Waals surface area contributed by atoms with Crippen LogP contribution in [0, 0.1) is 0 Å². The molecule has 5 heteroatoms. The van der Waals surface area contributed by atoms with E-state index in [1.54, 1.807) is 6.92 Å². The van der Waals surface area contributed by atoms with Gasteiger partial charge in [0.05, 0.1) is 13.0 Å². The van der Waals surface area contributed by atoms with Gasteiger partial charge in [-0.2, -0.15) is 0 Å². The summed E-state index contributed by atoms with van der Waals surface area (Å²) in [4.78, 5) is 24.5. The molecule has 0 saturated carbocycles. The highest BCUT2D eigenvalue weighted by atomic mass is 16.5. The minimum Gasteiger partial charge on any atom is -0.493 e. The first-order chi connectivity index (χ1) is 14.1. The van der Waals surface area contributed by atoms with Crippen LogP contribution in [0.4, 0.5) is 5.69 Å². The van der Waals surface area contributed by atoms with Gasteiger partial charge in [0.1, 0.15) is 5.75 Å². The Labute approximate surface area is 170 Å². The van der Waals surface area contributed by atoms with Crippen LogP contribution < -0.4 is 10.1 Å². The van der Waals surface area contributed by atoms with E-state index in [0.717, 1.165) is 11.1 Å². The minimum atomic E-state index is -0.914. The van der Waals surface area contributed by atoms with Gasteiger partial charge in [0.2, 0.25) is 0 Å². The number of anilines is 1. The molecule has 1 N–H and O–H groups in total. The third-order valence-corrected chi connectivity index (χ3v) is 4.27. The summed E-state index contributed by atoms with van der Waals surface area (Å²) < 4.78 is 10.7. The Bertz CT molecular complexity index is 941. The van der Waals surface area contributed by atoms with Crippen molar-refractivity contribution >= 4 is 17.6 Å². The SMILES string of the molecule is C[C@@H](OC(=O)CCOc1ccccc1)C(=O)Nc1ccccc1-c1ccccc1. The molecular weight excluding hydrogens is 366 g/mol. The first-order valence-electron chi connectivity index (χ1n) is 9.46. The van der Waals surface area contributed by atoms with Crippen LogP contribution in [0.3, 0.4) is 0 Å². The number of rotatable bonds is 8. The summed E-state index contributed by atoms with van der Waals surface area (Å²) in [6, 6.07) is 26.5. The molecule has 0 fully saturated rings. The van der Waals surface area contributed by atoms with Gasteiger partial charge < -0.3 is 14.8 Å². The molecule has 0 aromatic heterocycles. The summed E-state index contributed by atoms with van der Waals surface area (Å²) in [6.45, 7) is 1.74. The Kier molecular flexibility index (Phi) is 7.00. The zero-order valence-electron chi connectivity index (χ0n) is 16.2. The number of para-hydroxylation sites is 2. The van der Waals surface area contributed by atoms with Crippen molar-refractivity contribution < 1.29 is 19.1 Å². The third-order valence-electron chi connectivity index (χ3n) is 4.27. The maximum absolute atomic E-state index is 12.5. The number of ether oxygens (including phenoxy) is 2. The molecule has 5 nitrogen and oxygen atoms in total. The van der Waals surface area contributed by atoms with Crippen LogP contribution in [0.25, 0.3) is 11.1 Å². The second-order valence-corrected chi connectivity index (χ2v) is 6.44. The maximum atomic E-state index is 12.5. The van der Waals surface area contributed by atoms with Crippen LogP contribution in [0.1, 0.15) is 13.3 Å². The van der Waals surface area contributed by atoms with Crippen LogP contribution >= 0.6 is 0 Å². The monoisotopic (exact) mass is 389 g/mol. The van der Waals surface area contributed by atoms with E-state index in [9.17, 15) is 9.59 Å². The standard InChI is InChI=1S/C24H23NO4/c1-18(29-23(26)16-17-28-20-12-6-3-7-13-20)24(27)25-22-15-9-8-14-21(22)19-10-4-2-5-11-19/h2-15,18H,16-17H2,1H3,(H,25,27)/t18-/m1/s1. The van der Waals surface area contributed by atoms with E-state index >= 15 is 0 Å². The Morgan fingerprint density at radius 3 is 2.21 bits per heavy atom. The number of benzene rings is 3. The van der Waals surface area contributed by atoms with Crippen molar-refractivity contribution in [2.75, 3.05) is 11.9 Å². The predicted octanol–water partition coefficient (Wildman–Crippen LogP) is 4.69. The lowest BCUT2D eigenvalue weighted by atomic mass is 10.0. The van der Waals surface area contributed by atoms with Gasteiger partial charge in [0.25, 0.3) is 5.91 Å². The summed E-state index contributed by atoms with van der Waals surface area (Å²) in [5, 5.41) is 2.85. The second-order valence-electron chi connectivity index (χ2n) is 6.44. The summed E-state index contributed by atoms with van der Waals surface area (Å²) in [6.07, 6.45) is -0.851. The quantitative estimate of drug-likeness (QED) is 0.568. The number of hydrogen-bond acceptors (Lipinski definition) is 4. The molecule has 0 spiro atoms. The minimum absolute atomic E-state index is 0.0626. The maximum Gasteiger partial charge on any atom is 0.310 e. The molecule has 0 aliphatic heterocycles. The summed E-state index contributed by atoms with van der Waals surface area (Å²) >= 11 is 0. The number of amides is 1. The normalized spacial score (nSPS) is 11.3. The van der Waals surface area contributed by atoms with Crippen molar-refractivity contribution in [3.63, 3.8) is 0 Å². The van der Waals surface area contributed by atoms with Gasteiger partial charge in [-0.25, -0.2) is 0 Å². The number of esters is 1. The predicted molar refractivity (Wildman–Crippen MR) is 113 cm³/mol. The Balaban J connectivity index is 1.52. The molecular formula is C24H23NO4. The highest BCUT2D eigenvalue weighted by Gasteiger charge is 2.19. The fraction of sp³-hybridized carbons (Fsp3) is 0.167. The summed E-state index contributed by atoms with van der Waals surface area (Å²) in [5.41, 5.74) is 2.56. The summed E-state index contributed by atoms with van der Waals surface area (Å²) in [5.74, 6) is -0.186. The van der Waals surface area contributed by atoms with Crippen LogP contribution in [0.2, 0.25) is 0 Å². The molecule has 0 radical (unpaired) electrons. The lowest BCUT2D eigenvalue weighted by molar-refractivity contribution is -0.153. The summed E-state index contributed by atoms with van der Waals surface area (Å²) in [7, 11) is 0. The van der Waals surface area contributed by atoms with E-state index in [2.05, 4.69) is 5.32 Å². The van der Waals surface area contributed by atoms with E-state index in [4.69, 9.17) is 9.47 Å². The first-order valence-corrected chi connectivity index (χ1v) is 9.46. The molecule has 1 amide bonds. The van der Waals surface area contributed by atoms with Crippen LogP contribution in [-0.4, -0.2) is 24.6 Å². The highest BCUT2D eigenvalue weighted by Crippen LogP contribution is 2.27. The Morgan fingerprint density at radius 1 is 0.862 bits per heavy atom. The van der Waals surface area contributed by atoms with E-state index in [1.807, 2.05) is 84.9 Å². The van der Waals surface area contributed by atoms with E-state index in [-0.39, 0.29) is 18.9 Å². The molecule has 3 aromatic carbocycles. The van der Waals surface area contributed by atoms with E-state index in [1.165, 1.54) is 0 Å². The molecule has 0 bridgehead atoms. The van der Waals surface area contributed by atoms with Crippen molar-refractivity contribution in [2.24, 2.45) is 0 Å². The van der Waals surface area contributed by atoms with Crippen molar-refractivity contribution in [1.29, 1.82) is 0 Å². The number of nitrogens with one attached hydrogen (secondary N) is 1. The Morgan fingerprint density at radius 2 is 1.48 bits per heavy atom. The zero-order chi connectivity index (χ0) is 20.5. The lowest BCUT2D eigenvalue weighted by Crippen LogP contribution is -2.30. The van der Waals surface area contributed by atoms with Crippen molar-refractivity contribution in [3.05, 3.63) is 84.9 Å². The smallest absolute Gasteiger partial charge is 0.310 e. The highest BCUT2D eigenvalue weighted by molar-refractivity contribution is 5.98. The average Bonchev–Trinajstić information content (AvgIpc) is 2.75. The largest absolute Gasteiger partial charge is 0.493 e. The average molecular weight is 389 g/mol. The van der Waals surface area contributed by atoms with Gasteiger partial charge in [-0.1, -0.05) is 66.7 Å². The number of carbonyl (C=O) groups is 2. The lowest BCUT2D eigenvalue weighted by Gasteiger charge is -2.16. The number of carbonyl (C=O) groups excluding carboxylic acids is 2. The third kappa shape index (κ3) is 5.94. The van der Waals surface area contributed by atoms with E-state index < -0.39 is 12.1 Å². The van der Waals surface area contributed by atoms with Gasteiger partial charge in [-0.3, -0.25) is 9.59 Å². The molecule has 148 valence electrons. The van der Waals surface area contributed by atoms with Gasteiger partial charge >= 0.3 is 5.97 Å². The topological polar surface area (TPSA) is 64.6 Å². The Hall–Kier alpha value is -3.60. The van der Waals surface area contributed by atoms with Crippen LogP contribution in [0.15, 0.2) is 84.9 Å². The fourth-order valence-electron chi connectivity index (χ4n) is 2.77. The first kappa shape index (κ1) is 20.1. The van der Waals surface area contributed by atoms with E-state index in [0.29, 0.717) is 11.4 Å². The number of hydrogen-bond donors (Lipinski definition) is 1. The molecule has 0 heterocycles. The van der Waals surface area contributed by atoms with Crippen molar-refractivity contribution in [1.82, 2.24) is 0 Å². The second kappa shape index (κ2) is 10.1.